The van der Waals surface area contributed by atoms with Gasteiger partial charge >= 0.3 is 0 Å². The quantitative estimate of drug-likeness (QED) is 0.667. The highest BCUT2D eigenvalue weighted by molar-refractivity contribution is 5.75. The van der Waals surface area contributed by atoms with Crippen LogP contribution in [0.2, 0.25) is 0 Å². The molecule has 0 atom stereocenters. The van der Waals surface area contributed by atoms with Gasteiger partial charge in [-0.15, -0.1) is 0 Å². The number of imidazole rings is 1. The molecule has 2 N–H and O–H groups in total. The molecular formula is C13H11N3O. The molecule has 0 saturated heterocycles. The summed E-state index contributed by atoms with van der Waals surface area (Å²) in [5.74, 6) is 0.708. The van der Waals surface area contributed by atoms with E-state index in [0.717, 1.165) is 11.3 Å². The van der Waals surface area contributed by atoms with E-state index in [0.29, 0.717) is 17.0 Å². The molecule has 0 bridgehead atoms. The first-order chi connectivity index (χ1) is 8.24. The molecule has 2 aromatic heterocycles. The van der Waals surface area contributed by atoms with E-state index in [4.69, 9.17) is 0 Å². The van der Waals surface area contributed by atoms with Gasteiger partial charge in [-0.1, -0.05) is 30.3 Å². The number of aromatic amines is 2. The lowest BCUT2D eigenvalue weighted by atomic mass is 10.2. The van der Waals surface area contributed by atoms with Crippen molar-refractivity contribution in [3.8, 4) is 11.4 Å². The lowest BCUT2D eigenvalue weighted by Gasteiger charge is -1.92. The van der Waals surface area contributed by atoms with Crippen LogP contribution in [-0.4, -0.2) is 15.0 Å². The van der Waals surface area contributed by atoms with E-state index in [1.165, 1.54) is 0 Å². The van der Waals surface area contributed by atoms with Gasteiger partial charge in [-0.3, -0.25) is 4.79 Å². The van der Waals surface area contributed by atoms with Crippen LogP contribution in [0.4, 0.5) is 0 Å². The number of benzene rings is 1. The number of nitrogens with zero attached hydrogens (tertiary/aromatic N) is 1. The van der Waals surface area contributed by atoms with Crippen molar-refractivity contribution in [1.82, 2.24) is 15.0 Å². The van der Waals surface area contributed by atoms with Crippen LogP contribution in [0.5, 0.6) is 0 Å². The van der Waals surface area contributed by atoms with Crippen LogP contribution in [-0.2, 0) is 0 Å². The highest BCUT2D eigenvalue weighted by Gasteiger charge is 2.07. The first kappa shape index (κ1) is 9.84. The lowest BCUT2D eigenvalue weighted by Crippen LogP contribution is -2.02. The Morgan fingerprint density at radius 3 is 2.65 bits per heavy atom. The molecule has 17 heavy (non-hydrogen) atoms. The molecule has 4 heteroatoms. The Kier molecular flexibility index (Phi) is 2.08. The molecule has 3 rings (SSSR count). The maximum Gasteiger partial charge on any atom is 0.207 e. The summed E-state index contributed by atoms with van der Waals surface area (Å²) in [5, 5.41) is 0. The number of fused-ring (bicyclic) bond motifs is 1. The summed E-state index contributed by atoms with van der Waals surface area (Å²) in [7, 11) is 0. The SMILES string of the molecule is Cc1cc(=O)c2[nH]c(-c3ccccc3)nc2[nH]1. The third kappa shape index (κ3) is 1.63. The molecule has 3 aromatic rings. The van der Waals surface area contributed by atoms with E-state index in [1.807, 2.05) is 37.3 Å². The first-order valence-electron chi connectivity index (χ1n) is 5.39. The van der Waals surface area contributed by atoms with Crippen LogP contribution in [0, 0.1) is 6.92 Å². The molecular weight excluding hydrogens is 214 g/mol. The molecule has 0 unspecified atom stereocenters. The zero-order chi connectivity index (χ0) is 11.8. The minimum atomic E-state index is -0.0362. The van der Waals surface area contributed by atoms with Crippen LogP contribution in [0.3, 0.4) is 0 Å². The Bertz CT molecular complexity index is 725. The first-order valence-corrected chi connectivity index (χ1v) is 5.39. The Morgan fingerprint density at radius 1 is 1.12 bits per heavy atom. The summed E-state index contributed by atoms with van der Waals surface area (Å²) >= 11 is 0. The van der Waals surface area contributed by atoms with E-state index in [1.54, 1.807) is 6.07 Å². The average Bonchev–Trinajstić information content (AvgIpc) is 2.74. The van der Waals surface area contributed by atoms with Gasteiger partial charge in [-0.2, -0.15) is 0 Å². The molecule has 0 saturated carbocycles. The smallest absolute Gasteiger partial charge is 0.207 e. The predicted molar refractivity (Wildman–Crippen MR) is 66.9 cm³/mol. The normalized spacial score (nSPS) is 10.9. The van der Waals surface area contributed by atoms with Crippen molar-refractivity contribution in [3.63, 3.8) is 0 Å². The Labute approximate surface area is 97.3 Å². The van der Waals surface area contributed by atoms with Crippen molar-refractivity contribution in [1.29, 1.82) is 0 Å². The summed E-state index contributed by atoms with van der Waals surface area (Å²) in [6.45, 7) is 1.84. The predicted octanol–water partition coefficient (Wildman–Crippen LogP) is 2.23. The maximum absolute atomic E-state index is 11.8. The second kappa shape index (κ2) is 3.59. The van der Waals surface area contributed by atoms with E-state index in [9.17, 15) is 4.79 Å². The van der Waals surface area contributed by atoms with Crippen LogP contribution >= 0.6 is 0 Å². The van der Waals surface area contributed by atoms with Gasteiger partial charge < -0.3 is 9.97 Å². The summed E-state index contributed by atoms with van der Waals surface area (Å²) < 4.78 is 0. The molecule has 0 fully saturated rings. The topological polar surface area (TPSA) is 61.5 Å². The Hall–Kier alpha value is -2.36. The number of hydrogen-bond acceptors (Lipinski definition) is 2. The standard InChI is InChI=1S/C13H11N3O/c1-8-7-10(17)11-13(14-8)16-12(15-11)9-5-3-2-4-6-9/h2-7H,1H3,(H2,14,15,16,17). The van der Waals surface area contributed by atoms with Gasteiger partial charge in [0, 0.05) is 17.3 Å². The Balaban J connectivity index is 2.28. The fourth-order valence-corrected chi connectivity index (χ4v) is 1.87. The van der Waals surface area contributed by atoms with E-state index < -0.39 is 0 Å². The lowest BCUT2D eigenvalue weighted by molar-refractivity contribution is 1.21. The largest absolute Gasteiger partial charge is 0.342 e. The van der Waals surface area contributed by atoms with Crippen molar-refractivity contribution in [3.05, 3.63) is 52.3 Å². The third-order valence-electron chi connectivity index (χ3n) is 2.66. The minimum Gasteiger partial charge on any atom is -0.342 e. The zero-order valence-corrected chi connectivity index (χ0v) is 9.32. The van der Waals surface area contributed by atoms with Gasteiger partial charge in [0.15, 0.2) is 5.65 Å². The van der Waals surface area contributed by atoms with E-state index >= 15 is 0 Å². The van der Waals surface area contributed by atoms with Gasteiger partial charge in [-0.05, 0) is 6.92 Å². The summed E-state index contributed by atoms with van der Waals surface area (Å²) in [4.78, 5) is 22.3. The molecule has 0 radical (unpaired) electrons. The van der Waals surface area contributed by atoms with Crippen LogP contribution in [0.25, 0.3) is 22.6 Å². The van der Waals surface area contributed by atoms with Gasteiger partial charge in [-0.25, -0.2) is 4.98 Å². The van der Waals surface area contributed by atoms with Gasteiger partial charge in [0.05, 0.1) is 0 Å². The fraction of sp³-hybridized carbons (Fsp3) is 0.0769. The number of pyridine rings is 1. The summed E-state index contributed by atoms with van der Waals surface area (Å²) in [5.41, 5.74) is 2.87. The van der Waals surface area contributed by atoms with Gasteiger partial charge in [0.2, 0.25) is 5.43 Å². The van der Waals surface area contributed by atoms with Crippen molar-refractivity contribution in [2.45, 2.75) is 6.92 Å². The molecule has 0 amide bonds. The van der Waals surface area contributed by atoms with Crippen molar-refractivity contribution >= 4 is 11.2 Å². The molecule has 2 heterocycles. The highest BCUT2D eigenvalue weighted by Crippen LogP contribution is 2.17. The minimum absolute atomic E-state index is 0.0362. The van der Waals surface area contributed by atoms with Crippen LogP contribution < -0.4 is 5.43 Å². The molecule has 0 aliphatic heterocycles. The summed E-state index contributed by atoms with van der Waals surface area (Å²) in [6, 6.07) is 11.3. The molecule has 84 valence electrons. The molecule has 0 aliphatic rings. The van der Waals surface area contributed by atoms with Crippen LogP contribution in [0.1, 0.15) is 5.69 Å². The number of H-pyrrole nitrogens is 2. The third-order valence-corrected chi connectivity index (χ3v) is 2.66. The maximum atomic E-state index is 11.8. The van der Waals surface area contributed by atoms with Crippen molar-refractivity contribution in [2.75, 3.05) is 0 Å². The number of hydrogen-bond donors (Lipinski definition) is 2. The van der Waals surface area contributed by atoms with Crippen molar-refractivity contribution < 1.29 is 0 Å². The second-order valence-electron chi connectivity index (χ2n) is 3.99. The molecule has 1 aromatic carbocycles. The highest BCUT2D eigenvalue weighted by atomic mass is 16.1. The van der Waals surface area contributed by atoms with Gasteiger partial charge in [0.1, 0.15) is 11.3 Å². The van der Waals surface area contributed by atoms with E-state index in [2.05, 4.69) is 15.0 Å². The molecule has 0 spiro atoms. The number of aromatic nitrogens is 3. The van der Waals surface area contributed by atoms with Crippen molar-refractivity contribution in [2.24, 2.45) is 0 Å². The van der Waals surface area contributed by atoms with E-state index in [-0.39, 0.29) is 5.43 Å². The second-order valence-corrected chi connectivity index (χ2v) is 3.99. The number of rotatable bonds is 1. The Morgan fingerprint density at radius 2 is 1.88 bits per heavy atom. The number of nitrogens with one attached hydrogen (secondary N) is 2. The monoisotopic (exact) mass is 225 g/mol. The zero-order valence-electron chi connectivity index (χ0n) is 9.32. The molecule has 0 aliphatic carbocycles. The molecule has 4 nitrogen and oxygen atoms in total. The summed E-state index contributed by atoms with van der Waals surface area (Å²) in [6.07, 6.45) is 0. The number of aryl methyl sites for hydroxylation is 1. The van der Waals surface area contributed by atoms with Crippen LogP contribution in [0.15, 0.2) is 41.2 Å². The fourth-order valence-electron chi connectivity index (χ4n) is 1.87. The van der Waals surface area contributed by atoms with Gasteiger partial charge in [0.25, 0.3) is 0 Å². The average molecular weight is 225 g/mol.